The lowest BCUT2D eigenvalue weighted by molar-refractivity contribution is -0.161. The SMILES string of the molecule is NC(=NO)C(CN1CCC2(CCCC2)CC1)C(F)(F)F. The number of amidine groups is 1. The Balaban J connectivity index is 1.93. The number of hydrogen-bond donors (Lipinski definition) is 2. The molecule has 7 heteroatoms. The van der Waals surface area contributed by atoms with Gasteiger partial charge in [-0.05, 0) is 44.2 Å². The first-order valence-electron chi connectivity index (χ1n) is 7.13. The lowest BCUT2D eigenvalue weighted by atomic mass is 9.77. The highest BCUT2D eigenvalue weighted by Crippen LogP contribution is 2.46. The molecule has 1 aliphatic carbocycles. The largest absolute Gasteiger partial charge is 0.409 e. The van der Waals surface area contributed by atoms with E-state index in [2.05, 4.69) is 5.16 Å². The van der Waals surface area contributed by atoms with E-state index in [1.807, 2.05) is 0 Å². The highest BCUT2D eigenvalue weighted by Gasteiger charge is 2.45. The van der Waals surface area contributed by atoms with E-state index in [1.165, 1.54) is 25.7 Å². The molecule has 1 saturated carbocycles. The van der Waals surface area contributed by atoms with Crippen LogP contribution in [0, 0.1) is 11.3 Å². The van der Waals surface area contributed by atoms with E-state index < -0.39 is 17.9 Å². The van der Waals surface area contributed by atoms with Crippen molar-refractivity contribution in [3.63, 3.8) is 0 Å². The van der Waals surface area contributed by atoms with Crippen LogP contribution in [0.15, 0.2) is 5.16 Å². The molecule has 0 aromatic carbocycles. The predicted molar refractivity (Wildman–Crippen MR) is 69.5 cm³/mol. The number of likely N-dealkylation sites (tertiary alicyclic amines) is 1. The highest BCUT2D eigenvalue weighted by molar-refractivity contribution is 5.83. The minimum Gasteiger partial charge on any atom is -0.409 e. The van der Waals surface area contributed by atoms with Crippen LogP contribution in [0.5, 0.6) is 0 Å². The third-order valence-corrected chi connectivity index (χ3v) is 4.89. The fourth-order valence-electron chi connectivity index (χ4n) is 3.53. The van der Waals surface area contributed by atoms with Gasteiger partial charge in [0, 0.05) is 6.54 Å². The molecule has 20 heavy (non-hydrogen) atoms. The van der Waals surface area contributed by atoms with Crippen molar-refractivity contribution in [1.82, 2.24) is 4.90 Å². The number of halogens is 3. The number of rotatable bonds is 3. The zero-order chi connectivity index (χ0) is 14.8. The molecule has 0 amide bonds. The molecule has 1 unspecified atom stereocenters. The van der Waals surface area contributed by atoms with Crippen LogP contribution in [0.2, 0.25) is 0 Å². The van der Waals surface area contributed by atoms with Gasteiger partial charge in [0.25, 0.3) is 0 Å². The van der Waals surface area contributed by atoms with Crippen LogP contribution in [0.4, 0.5) is 13.2 Å². The van der Waals surface area contributed by atoms with Gasteiger partial charge < -0.3 is 15.8 Å². The lowest BCUT2D eigenvalue weighted by Crippen LogP contribution is -2.48. The maximum absolute atomic E-state index is 12.9. The molecule has 1 heterocycles. The summed E-state index contributed by atoms with van der Waals surface area (Å²) < 4.78 is 38.7. The van der Waals surface area contributed by atoms with Crippen LogP contribution < -0.4 is 5.73 Å². The highest BCUT2D eigenvalue weighted by atomic mass is 19.4. The van der Waals surface area contributed by atoms with Crippen LogP contribution in [0.1, 0.15) is 38.5 Å². The molecule has 2 fully saturated rings. The Morgan fingerprint density at radius 1 is 1.20 bits per heavy atom. The molecule has 3 N–H and O–H groups in total. The second kappa shape index (κ2) is 5.79. The molecule has 1 atom stereocenters. The Hall–Kier alpha value is -0.980. The molecule has 1 saturated heterocycles. The normalized spacial score (nSPS) is 26.1. The summed E-state index contributed by atoms with van der Waals surface area (Å²) in [7, 11) is 0. The third-order valence-electron chi connectivity index (χ3n) is 4.89. The zero-order valence-electron chi connectivity index (χ0n) is 11.5. The standard InChI is InChI=1S/C13H22F3N3O/c14-13(15,16)10(11(17)18-20)9-19-7-5-12(6-8-19)3-1-2-4-12/h10,20H,1-9H2,(H2,17,18). The quantitative estimate of drug-likeness (QED) is 0.364. The molecule has 0 aromatic rings. The number of alkyl halides is 3. The van der Waals surface area contributed by atoms with Crippen molar-refractivity contribution in [2.75, 3.05) is 19.6 Å². The summed E-state index contributed by atoms with van der Waals surface area (Å²) in [6, 6.07) is 0. The van der Waals surface area contributed by atoms with E-state index in [1.54, 1.807) is 4.90 Å². The van der Waals surface area contributed by atoms with Crippen LogP contribution in [0.25, 0.3) is 0 Å². The smallest absolute Gasteiger partial charge is 0.400 e. The van der Waals surface area contributed by atoms with Crippen molar-refractivity contribution in [2.24, 2.45) is 22.2 Å². The second-order valence-corrected chi connectivity index (χ2v) is 6.13. The summed E-state index contributed by atoms with van der Waals surface area (Å²) in [4.78, 5) is 1.79. The molecular weight excluding hydrogens is 271 g/mol. The number of nitrogens with zero attached hydrogens (tertiary/aromatic N) is 2. The van der Waals surface area contributed by atoms with E-state index >= 15 is 0 Å². The van der Waals surface area contributed by atoms with Crippen molar-refractivity contribution in [3.05, 3.63) is 0 Å². The predicted octanol–water partition coefficient (Wildman–Crippen LogP) is 2.57. The Morgan fingerprint density at radius 3 is 2.20 bits per heavy atom. The van der Waals surface area contributed by atoms with E-state index in [0.29, 0.717) is 18.5 Å². The first kappa shape index (κ1) is 15.4. The van der Waals surface area contributed by atoms with Crippen molar-refractivity contribution in [2.45, 2.75) is 44.7 Å². The first-order valence-corrected chi connectivity index (χ1v) is 7.13. The fraction of sp³-hybridized carbons (Fsp3) is 0.923. The molecule has 116 valence electrons. The van der Waals surface area contributed by atoms with Crippen molar-refractivity contribution in [1.29, 1.82) is 0 Å². The molecule has 4 nitrogen and oxygen atoms in total. The molecule has 2 rings (SSSR count). The van der Waals surface area contributed by atoms with Crippen molar-refractivity contribution >= 4 is 5.84 Å². The molecule has 1 aliphatic heterocycles. The minimum atomic E-state index is -4.47. The lowest BCUT2D eigenvalue weighted by Gasteiger charge is -2.40. The van der Waals surface area contributed by atoms with E-state index in [-0.39, 0.29) is 6.54 Å². The minimum absolute atomic E-state index is 0.213. The van der Waals surface area contributed by atoms with Crippen LogP contribution in [-0.2, 0) is 0 Å². The summed E-state index contributed by atoms with van der Waals surface area (Å²) in [6.07, 6.45) is 2.37. The van der Waals surface area contributed by atoms with Gasteiger partial charge in [-0.3, -0.25) is 0 Å². The van der Waals surface area contributed by atoms with E-state index in [9.17, 15) is 13.2 Å². The molecule has 2 aliphatic rings. The molecule has 0 aromatic heterocycles. The van der Waals surface area contributed by atoms with Gasteiger partial charge in [-0.15, -0.1) is 0 Å². The van der Waals surface area contributed by atoms with Gasteiger partial charge in [0.1, 0.15) is 5.92 Å². The van der Waals surface area contributed by atoms with Gasteiger partial charge >= 0.3 is 6.18 Å². The summed E-state index contributed by atoms with van der Waals surface area (Å²) in [5.41, 5.74) is 5.57. The third kappa shape index (κ3) is 3.37. The van der Waals surface area contributed by atoms with E-state index in [0.717, 1.165) is 12.8 Å². The van der Waals surface area contributed by atoms with E-state index in [4.69, 9.17) is 10.9 Å². The topological polar surface area (TPSA) is 61.9 Å². The van der Waals surface area contributed by atoms with Crippen molar-refractivity contribution < 1.29 is 18.4 Å². The van der Waals surface area contributed by atoms with Crippen LogP contribution >= 0.6 is 0 Å². The average molecular weight is 293 g/mol. The number of oxime groups is 1. The Morgan fingerprint density at radius 2 is 1.75 bits per heavy atom. The molecule has 0 bridgehead atoms. The summed E-state index contributed by atoms with van der Waals surface area (Å²) in [5.74, 6) is -2.64. The summed E-state index contributed by atoms with van der Waals surface area (Å²) >= 11 is 0. The monoisotopic (exact) mass is 293 g/mol. The fourth-order valence-corrected chi connectivity index (χ4v) is 3.53. The van der Waals surface area contributed by atoms with Crippen LogP contribution in [0.3, 0.4) is 0 Å². The number of hydrogen-bond acceptors (Lipinski definition) is 3. The Bertz CT molecular complexity index is 354. The molecule has 1 spiro atoms. The molecular formula is C13H22F3N3O. The van der Waals surface area contributed by atoms with Gasteiger partial charge in [0.05, 0.1) is 0 Å². The van der Waals surface area contributed by atoms with Gasteiger partial charge in [-0.1, -0.05) is 18.0 Å². The van der Waals surface area contributed by atoms with Gasteiger partial charge in [-0.2, -0.15) is 13.2 Å². The van der Waals surface area contributed by atoms with Gasteiger partial charge in [0.2, 0.25) is 0 Å². The second-order valence-electron chi connectivity index (χ2n) is 6.13. The van der Waals surface area contributed by atoms with Crippen LogP contribution in [-0.4, -0.2) is 41.8 Å². The Kier molecular flexibility index (Phi) is 4.46. The first-order chi connectivity index (χ1) is 9.36. The van der Waals surface area contributed by atoms with Crippen molar-refractivity contribution in [3.8, 4) is 0 Å². The summed E-state index contributed by atoms with van der Waals surface area (Å²) in [6.45, 7) is 1.13. The maximum Gasteiger partial charge on any atom is 0.400 e. The van der Waals surface area contributed by atoms with Gasteiger partial charge in [0.15, 0.2) is 5.84 Å². The Labute approximate surface area is 116 Å². The number of nitrogens with two attached hydrogens (primary N) is 1. The molecule has 0 radical (unpaired) electrons. The number of piperidine rings is 1. The average Bonchev–Trinajstić information content (AvgIpc) is 2.84. The zero-order valence-corrected chi connectivity index (χ0v) is 11.5. The van der Waals surface area contributed by atoms with Gasteiger partial charge in [-0.25, -0.2) is 0 Å². The summed E-state index contributed by atoms with van der Waals surface area (Å²) in [5, 5.41) is 11.0. The maximum atomic E-state index is 12.9.